The number of benzene rings is 1. The summed E-state index contributed by atoms with van der Waals surface area (Å²) in [5.41, 5.74) is 6.60. The topological polar surface area (TPSA) is 85.1 Å². The number of halogens is 1. The van der Waals surface area contributed by atoms with E-state index in [0.29, 0.717) is 0 Å². The van der Waals surface area contributed by atoms with Crippen LogP contribution in [-0.4, -0.2) is 13.4 Å². The summed E-state index contributed by atoms with van der Waals surface area (Å²) in [6.07, 6.45) is 2.93. The maximum Gasteiger partial charge on any atom is 0.264 e. The Labute approximate surface area is 110 Å². The zero-order valence-electron chi connectivity index (χ0n) is 10.1. The van der Waals surface area contributed by atoms with Gasteiger partial charge in [0.25, 0.3) is 10.0 Å². The summed E-state index contributed by atoms with van der Waals surface area (Å²) in [7, 11) is -4.00. The second-order valence-electron chi connectivity index (χ2n) is 4.05. The van der Waals surface area contributed by atoms with E-state index >= 15 is 0 Å². The standard InChI is InChI=1S/C12H12FN3O2S/c1-8-4-10(7-15-6-8)16-19(17,18)12-3-2-9(14)5-11(12)13/h2-7,16H,14H2,1H3. The molecule has 0 spiro atoms. The average Bonchev–Trinajstić information content (AvgIpc) is 2.27. The quantitative estimate of drug-likeness (QED) is 0.842. The number of aryl methyl sites for hydroxylation is 1. The largest absolute Gasteiger partial charge is 0.399 e. The maximum atomic E-state index is 13.6. The highest BCUT2D eigenvalue weighted by Gasteiger charge is 2.19. The highest BCUT2D eigenvalue weighted by molar-refractivity contribution is 7.92. The van der Waals surface area contributed by atoms with Crippen molar-refractivity contribution in [2.24, 2.45) is 0 Å². The number of nitrogen functional groups attached to an aromatic ring is 1. The fraction of sp³-hybridized carbons (Fsp3) is 0.0833. The number of nitrogens with one attached hydrogen (secondary N) is 1. The number of rotatable bonds is 3. The Bertz CT molecular complexity index is 717. The van der Waals surface area contributed by atoms with E-state index in [1.54, 1.807) is 19.2 Å². The number of nitrogens with two attached hydrogens (primary N) is 1. The molecule has 0 unspecified atom stereocenters. The van der Waals surface area contributed by atoms with E-state index in [0.717, 1.165) is 17.7 Å². The minimum Gasteiger partial charge on any atom is -0.399 e. The molecule has 0 aliphatic rings. The maximum absolute atomic E-state index is 13.6. The van der Waals surface area contributed by atoms with Crippen LogP contribution >= 0.6 is 0 Å². The predicted molar refractivity (Wildman–Crippen MR) is 70.6 cm³/mol. The number of hydrogen-bond donors (Lipinski definition) is 2. The van der Waals surface area contributed by atoms with Crippen LogP contribution in [0.25, 0.3) is 0 Å². The minimum absolute atomic E-state index is 0.161. The molecule has 2 rings (SSSR count). The number of pyridine rings is 1. The van der Waals surface area contributed by atoms with Crippen LogP contribution in [0.2, 0.25) is 0 Å². The fourth-order valence-electron chi connectivity index (χ4n) is 1.56. The van der Waals surface area contributed by atoms with Crippen LogP contribution in [0.4, 0.5) is 15.8 Å². The molecule has 0 saturated heterocycles. The van der Waals surface area contributed by atoms with Gasteiger partial charge in [0.15, 0.2) is 0 Å². The van der Waals surface area contributed by atoms with Crippen LogP contribution in [0.5, 0.6) is 0 Å². The van der Waals surface area contributed by atoms with Gasteiger partial charge in [-0.2, -0.15) is 0 Å². The number of sulfonamides is 1. The number of hydrogen-bond acceptors (Lipinski definition) is 4. The van der Waals surface area contributed by atoms with E-state index in [-0.39, 0.29) is 11.4 Å². The summed E-state index contributed by atoms with van der Waals surface area (Å²) in [5.74, 6) is -0.895. The number of aromatic nitrogens is 1. The Morgan fingerprint density at radius 3 is 2.63 bits per heavy atom. The fourth-order valence-corrected chi connectivity index (χ4v) is 2.65. The molecule has 0 atom stereocenters. The van der Waals surface area contributed by atoms with E-state index in [4.69, 9.17) is 5.73 Å². The van der Waals surface area contributed by atoms with Crippen molar-refractivity contribution in [1.29, 1.82) is 0 Å². The second kappa shape index (κ2) is 4.85. The second-order valence-corrected chi connectivity index (χ2v) is 5.70. The SMILES string of the molecule is Cc1cncc(NS(=O)(=O)c2ccc(N)cc2F)c1. The van der Waals surface area contributed by atoms with Crippen LogP contribution in [-0.2, 0) is 10.0 Å². The number of anilines is 2. The molecule has 100 valence electrons. The predicted octanol–water partition coefficient (Wildman–Crippen LogP) is 1.91. The van der Waals surface area contributed by atoms with Gasteiger partial charge < -0.3 is 5.73 Å². The van der Waals surface area contributed by atoms with E-state index in [1.165, 1.54) is 12.3 Å². The molecule has 1 heterocycles. The molecule has 0 saturated carbocycles. The molecule has 2 aromatic rings. The normalized spacial score (nSPS) is 11.3. The first-order chi connectivity index (χ1) is 8.88. The molecular weight excluding hydrogens is 269 g/mol. The molecule has 0 aliphatic heterocycles. The van der Waals surface area contributed by atoms with Gasteiger partial charge in [0, 0.05) is 11.9 Å². The Morgan fingerprint density at radius 1 is 1.26 bits per heavy atom. The first-order valence-corrected chi connectivity index (χ1v) is 6.86. The molecular formula is C12H12FN3O2S. The van der Waals surface area contributed by atoms with Crippen LogP contribution in [0.1, 0.15) is 5.56 Å². The third-order valence-electron chi connectivity index (χ3n) is 2.37. The summed E-state index contributed by atoms with van der Waals surface area (Å²) in [6, 6.07) is 5.01. The Balaban J connectivity index is 2.38. The molecule has 0 radical (unpaired) electrons. The lowest BCUT2D eigenvalue weighted by Crippen LogP contribution is -2.15. The molecule has 0 aliphatic carbocycles. The minimum atomic E-state index is -4.00. The van der Waals surface area contributed by atoms with Gasteiger partial charge in [0.1, 0.15) is 10.7 Å². The molecule has 19 heavy (non-hydrogen) atoms. The summed E-state index contributed by atoms with van der Waals surface area (Å²) in [6.45, 7) is 1.77. The lowest BCUT2D eigenvalue weighted by molar-refractivity contribution is 0.571. The van der Waals surface area contributed by atoms with Crippen LogP contribution in [0, 0.1) is 12.7 Å². The van der Waals surface area contributed by atoms with E-state index < -0.39 is 20.7 Å². The van der Waals surface area contributed by atoms with Crippen molar-refractivity contribution in [3.63, 3.8) is 0 Å². The first kappa shape index (κ1) is 13.3. The van der Waals surface area contributed by atoms with Crippen molar-refractivity contribution in [2.45, 2.75) is 11.8 Å². The smallest absolute Gasteiger partial charge is 0.264 e. The molecule has 3 N–H and O–H groups in total. The van der Waals surface area contributed by atoms with Crippen LogP contribution in [0.3, 0.4) is 0 Å². The molecule has 0 amide bonds. The van der Waals surface area contributed by atoms with Gasteiger partial charge >= 0.3 is 0 Å². The highest BCUT2D eigenvalue weighted by Crippen LogP contribution is 2.20. The van der Waals surface area contributed by atoms with Gasteiger partial charge in [0.2, 0.25) is 0 Å². The monoisotopic (exact) mass is 281 g/mol. The Kier molecular flexibility index (Phi) is 3.39. The highest BCUT2D eigenvalue weighted by atomic mass is 32.2. The lowest BCUT2D eigenvalue weighted by atomic mass is 10.3. The summed E-state index contributed by atoms with van der Waals surface area (Å²) < 4.78 is 39.9. The molecule has 0 fully saturated rings. The Hall–Kier alpha value is -2.15. The zero-order chi connectivity index (χ0) is 14.0. The van der Waals surface area contributed by atoms with E-state index in [9.17, 15) is 12.8 Å². The van der Waals surface area contributed by atoms with Gasteiger partial charge in [-0.1, -0.05) is 0 Å². The summed E-state index contributed by atoms with van der Waals surface area (Å²) in [5, 5.41) is 0. The first-order valence-electron chi connectivity index (χ1n) is 5.38. The van der Waals surface area contributed by atoms with E-state index in [2.05, 4.69) is 9.71 Å². The van der Waals surface area contributed by atoms with Gasteiger partial charge in [-0.15, -0.1) is 0 Å². The van der Waals surface area contributed by atoms with Crippen molar-refractivity contribution in [3.05, 3.63) is 48.0 Å². The number of nitrogens with zero attached hydrogens (tertiary/aromatic N) is 1. The van der Waals surface area contributed by atoms with Crippen molar-refractivity contribution >= 4 is 21.4 Å². The summed E-state index contributed by atoms with van der Waals surface area (Å²) >= 11 is 0. The zero-order valence-corrected chi connectivity index (χ0v) is 10.9. The molecule has 1 aromatic carbocycles. The van der Waals surface area contributed by atoms with Gasteiger partial charge in [-0.3, -0.25) is 9.71 Å². The third kappa shape index (κ3) is 3.00. The van der Waals surface area contributed by atoms with Gasteiger partial charge in [-0.25, -0.2) is 12.8 Å². The van der Waals surface area contributed by atoms with Gasteiger partial charge in [0.05, 0.1) is 11.9 Å². The Morgan fingerprint density at radius 2 is 2.00 bits per heavy atom. The van der Waals surface area contributed by atoms with Crippen LogP contribution in [0.15, 0.2) is 41.6 Å². The lowest BCUT2D eigenvalue weighted by Gasteiger charge is -2.09. The van der Waals surface area contributed by atoms with Crippen molar-refractivity contribution < 1.29 is 12.8 Å². The molecule has 7 heteroatoms. The third-order valence-corrected chi connectivity index (χ3v) is 3.79. The van der Waals surface area contributed by atoms with Crippen LogP contribution < -0.4 is 10.5 Å². The summed E-state index contributed by atoms with van der Waals surface area (Å²) in [4.78, 5) is 3.40. The molecule has 1 aromatic heterocycles. The van der Waals surface area contributed by atoms with Crippen molar-refractivity contribution in [2.75, 3.05) is 10.5 Å². The van der Waals surface area contributed by atoms with Crippen molar-refractivity contribution in [1.82, 2.24) is 4.98 Å². The molecule has 5 nitrogen and oxygen atoms in total. The average molecular weight is 281 g/mol. The van der Waals surface area contributed by atoms with Gasteiger partial charge in [-0.05, 0) is 36.8 Å². The van der Waals surface area contributed by atoms with E-state index in [1.807, 2.05) is 0 Å². The van der Waals surface area contributed by atoms with Crippen molar-refractivity contribution in [3.8, 4) is 0 Å². The molecule has 0 bridgehead atoms.